The number of rotatable bonds is 3. The monoisotopic (exact) mass is 396 g/mol. The van der Waals surface area contributed by atoms with E-state index < -0.39 is 30.1 Å². The second kappa shape index (κ2) is 6.15. The lowest BCUT2D eigenvalue weighted by Crippen LogP contribution is -2.44. The van der Waals surface area contributed by atoms with Crippen LogP contribution in [-0.2, 0) is 10.3 Å². The van der Waals surface area contributed by atoms with Crippen molar-refractivity contribution in [2.75, 3.05) is 5.73 Å². The molecule has 0 aromatic carbocycles. The second-order valence-electron chi connectivity index (χ2n) is 6.40. The van der Waals surface area contributed by atoms with Crippen LogP contribution < -0.4 is 5.73 Å². The summed E-state index contributed by atoms with van der Waals surface area (Å²) in [6.07, 6.45) is -1.62. The molecule has 1 fully saturated rings. The molecule has 0 radical (unpaired) electrons. The third-order valence-corrected chi connectivity index (χ3v) is 6.14. The summed E-state index contributed by atoms with van der Waals surface area (Å²) >= 11 is 7.14. The van der Waals surface area contributed by atoms with Crippen LogP contribution in [0.15, 0.2) is 30.7 Å². The number of thiophene rings is 1. The van der Waals surface area contributed by atoms with Gasteiger partial charge in [0.2, 0.25) is 0 Å². The summed E-state index contributed by atoms with van der Waals surface area (Å²) in [6.45, 7) is 1.52. The number of hydrogen-bond donors (Lipinski definition) is 4. The number of ether oxygens (including phenoxy) is 1. The molecule has 0 aliphatic carbocycles. The van der Waals surface area contributed by atoms with Gasteiger partial charge in [-0.2, -0.15) is 0 Å². The van der Waals surface area contributed by atoms with E-state index in [9.17, 15) is 15.3 Å². The van der Waals surface area contributed by atoms with E-state index in [1.807, 2.05) is 0 Å². The molecule has 3 aromatic heterocycles. The maximum Gasteiger partial charge on any atom is 0.164 e. The first-order valence-corrected chi connectivity index (χ1v) is 9.07. The van der Waals surface area contributed by atoms with E-state index in [-0.39, 0.29) is 0 Å². The first-order chi connectivity index (χ1) is 12.3. The maximum atomic E-state index is 11.0. The van der Waals surface area contributed by atoms with Gasteiger partial charge < -0.3 is 30.4 Å². The lowest BCUT2D eigenvalue weighted by atomic mass is 9.92. The molecule has 3 aromatic rings. The zero-order valence-corrected chi connectivity index (χ0v) is 15.2. The largest absolute Gasteiger partial charge is 0.387 e. The Morgan fingerprint density at radius 3 is 2.73 bits per heavy atom. The molecule has 10 heteroatoms. The standard InChI is InChI=1S/C16H17ClN4O4S/c1-16(24,8-2-3-9(17)26-8)12-10(22)11(23)15(25-12)21-5-4-7-13(18)19-6-20-14(7)21/h2-6,10-12,15,22-24H,1H3,(H2,18,19,20)/t10-,11+,12-,15+,16-/m0/s1. The van der Waals surface area contributed by atoms with Crippen LogP contribution in [0.2, 0.25) is 4.34 Å². The third kappa shape index (κ3) is 2.59. The maximum absolute atomic E-state index is 11.0. The first-order valence-electron chi connectivity index (χ1n) is 7.87. The fraction of sp³-hybridized carbons (Fsp3) is 0.375. The third-order valence-electron chi connectivity index (χ3n) is 4.68. The minimum Gasteiger partial charge on any atom is -0.387 e. The number of nitrogens with two attached hydrogens (primary N) is 1. The minimum absolute atomic E-state index is 0.304. The Bertz CT molecular complexity index is 959. The molecule has 0 saturated carbocycles. The van der Waals surface area contributed by atoms with E-state index in [2.05, 4.69) is 9.97 Å². The molecule has 0 bridgehead atoms. The molecular formula is C16H17ClN4O4S. The van der Waals surface area contributed by atoms with Gasteiger partial charge in [-0.3, -0.25) is 0 Å². The number of nitrogen functional groups attached to an aromatic ring is 1. The molecular weight excluding hydrogens is 380 g/mol. The minimum atomic E-state index is -1.54. The Morgan fingerprint density at radius 2 is 2.04 bits per heavy atom. The smallest absolute Gasteiger partial charge is 0.164 e. The number of aromatic nitrogens is 3. The molecule has 5 atom stereocenters. The van der Waals surface area contributed by atoms with E-state index in [1.54, 1.807) is 29.0 Å². The molecule has 0 spiro atoms. The number of halogens is 1. The Kier molecular flexibility index (Phi) is 4.18. The summed E-state index contributed by atoms with van der Waals surface area (Å²) in [6, 6.07) is 5.03. The Balaban J connectivity index is 1.71. The number of aliphatic hydroxyl groups excluding tert-OH is 2. The fourth-order valence-electron chi connectivity index (χ4n) is 3.28. The van der Waals surface area contributed by atoms with E-state index in [1.165, 1.54) is 24.6 Å². The SMILES string of the molecule is C[C@](O)(c1ccc(Cl)s1)[C@H]1O[C@@H](n2ccc3c(N)ncnc32)[C@H](O)[C@@H]1O. The summed E-state index contributed by atoms with van der Waals surface area (Å²) in [5.41, 5.74) is 4.76. The number of aliphatic hydroxyl groups is 3. The van der Waals surface area contributed by atoms with Crippen molar-refractivity contribution in [1.82, 2.24) is 14.5 Å². The molecule has 5 N–H and O–H groups in total. The van der Waals surface area contributed by atoms with Gasteiger partial charge in [-0.1, -0.05) is 11.6 Å². The van der Waals surface area contributed by atoms with Crippen LogP contribution in [0.25, 0.3) is 11.0 Å². The van der Waals surface area contributed by atoms with Crippen LogP contribution >= 0.6 is 22.9 Å². The lowest BCUT2D eigenvalue weighted by Gasteiger charge is -2.30. The van der Waals surface area contributed by atoms with Crippen molar-refractivity contribution in [3.05, 3.63) is 39.9 Å². The molecule has 26 heavy (non-hydrogen) atoms. The van der Waals surface area contributed by atoms with Gasteiger partial charge in [0, 0.05) is 11.1 Å². The average molecular weight is 397 g/mol. The molecule has 1 aliphatic heterocycles. The predicted molar refractivity (Wildman–Crippen MR) is 96.8 cm³/mol. The molecule has 0 unspecified atom stereocenters. The molecule has 4 rings (SSSR count). The second-order valence-corrected chi connectivity index (χ2v) is 8.11. The van der Waals surface area contributed by atoms with Gasteiger partial charge in [0.15, 0.2) is 6.23 Å². The quantitative estimate of drug-likeness (QED) is 0.524. The van der Waals surface area contributed by atoms with Gasteiger partial charge in [-0.25, -0.2) is 9.97 Å². The van der Waals surface area contributed by atoms with Gasteiger partial charge in [0.25, 0.3) is 0 Å². The number of anilines is 1. The van der Waals surface area contributed by atoms with Crippen LogP contribution in [0.5, 0.6) is 0 Å². The summed E-state index contributed by atoms with van der Waals surface area (Å²) in [4.78, 5) is 8.63. The van der Waals surface area contributed by atoms with Gasteiger partial charge in [-0.05, 0) is 25.1 Å². The van der Waals surface area contributed by atoms with E-state index in [4.69, 9.17) is 22.1 Å². The molecule has 138 valence electrons. The van der Waals surface area contributed by atoms with Crippen LogP contribution in [0.3, 0.4) is 0 Å². The van der Waals surface area contributed by atoms with Gasteiger partial charge >= 0.3 is 0 Å². The number of nitrogens with zero attached hydrogens (tertiary/aromatic N) is 3. The van der Waals surface area contributed by atoms with Crippen molar-refractivity contribution in [3.63, 3.8) is 0 Å². The molecule has 4 heterocycles. The van der Waals surface area contributed by atoms with Crippen LogP contribution in [0.1, 0.15) is 18.0 Å². The first kappa shape index (κ1) is 17.7. The zero-order valence-electron chi connectivity index (χ0n) is 13.7. The van der Waals surface area contributed by atoms with E-state index in [0.717, 1.165) is 0 Å². The van der Waals surface area contributed by atoms with Gasteiger partial charge in [0.05, 0.1) is 9.72 Å². The van der Waals surface area contributed by atoms with Gasteiger partial charge in [-0.15, -0.1) is 11.3 Å². The summed E-state index contributed by atoms with van der Waals surface area (Å²) < 4.78 is 7.96. The van der Waals surface area contributed by atoms with Crippen molar-refractivity contribution >= 4 is 39.8 Å². The Morgan fingerprint density at radius 1 is 1.27 bits per heavy atom. The predicted octanol–water partition coefficient (Wildman–Crippen LogP) is 1.26. The molecule has 1 saturated heterocycles. The van der Waals surface area contributed by atoms with Crippen molar-refractivity contribution in [2.24, 2.45) is 0 Å². The highest BCUT2D eigenvalue weighted by atomic mass is 35.5. The van der Waals surface area contributed by atoms with Crippen molar-refractivity contribution in [3.8, 4) is 0 Å². The molecule has 0 amide bonds. The van der Waals surface area contributed by atoms with Crippen molar-refractivity contribution in [1.29, 1.82) is 0 Å². The normalized spacial score (nSPS) is 28.5. The number of fused-ring (bicyclic) bond motifs is 1. The number of hydrogen-bond acceptors (Lipinski definition) is 8. The van der Waals surface area contributed by atoms with Gasteiger partial charge in [0.1, 0.15) is 41.7 Å². The highest BCUT2D eigenvalue weighted by molar-refractivity contribution is 7.16. The molecule has 8 nitrogen and oxygen atoms in total. The fourth-order valence-corrected chi connectivity index (χ4v) is 4.39. The van der Waals surface area contributed by atoms with Crippen LogP contribution in [0, 0.1) is 0 Å². The lowest BCUT2D eigenvalue weighted by molar-refractivity contribution is -0.134. The topological polar surface area (TPSA) is 127 Å². The Labute approximate surface area is 157 Å². The highest BCUT2D eigenvalue weighted by Gasteiger charge is 2.52. The Hall–Kier alpha value is -1.75. The average Bonchev–Trinajstić information content (AvgIpc) is 3.28. The van der Waals surface area contributed by atoms with E-state index >= 15 is 0 Å². The van der Waals surface area contributed by atoms with Crippen LogP contribution in [-0.4, -0.2) is 48.2 Å². The summed E-state index contributed by atoms with van der Waals surface area (Å²) in [5, 5.41) is 32.6. The molecule has 1 aliphatic rings. The van der Waals surface area contributed by atoms with Crippen molar-refractivity contribution < 1.29 is 20.1 Å². The summed E-state index contributed by atoms with van der Waals surface area (Å²) in [5.74, 6) is 0.304. The van der Waals surface area contributed by atoms with Crippen LogP contribution in [0.4, 0.5) is 5.82 Å². The van der Waals surface area contributed by atoms with E-state index in [0.29, 0.717) is 26.1 Å². The highest BCUT2D eigenvalue weighted by Crippen LogP contribution is 2.42. The summed E-state index contributed by atoms with van der Waals surface area (Å²) in [7, 11) is 0. The van der Waals surface area contributed by atoms with Crippen molar-refractivity contribution in [2.45, 2.75) is 37.1 Å². The zero-order chi connectivity index (χ0) is 18.6.